The Bertz CT molecular complexity index is 463. The Morgan fingerprint density at radius 3 is 2.33 bits per heavy atom. The van der Waals surface area contributed by atoms with Gasteiger partial charge in [0.1, 0.15) is 0 Å². The largest absolute Gasteiger partial charge is 0.418 e. The van der Waals surface area contributed by atoms with Gasteiger partial charge in [0, 0.05) is 17.9 Å². The second-order valence-corrected chi connectivity index (χ2v) is 5.98. The summed E-state index contributed by atoms with van der Waals surface area (Å²) in [5, 5.41) is 3.13. The maximum Gasteiger partial charge on any atom is 0.418 e. The molecule has 2 nitrogen and oxygen atoms in total. The molecule has 0 heterocycles. The highest BCUT2D eigenvalue weighted by molar-refractivity contribution is 5.58. The lowest BCUT2D eigenvalue weighted by Gasteiger charge is -2.28. The molecule has 0 saturated heterocycles. The Morgan fingerprint density at radius 2 is 1.76 bits per heavy atom. The van der Waals surface area contributed by atoms with E-state index in [9.17, 15) is 13.2 Å². The third kappa shape index (κ3) is 4.29. The first-order valence-corrected chi connectivity index (χ1v) is 7.60. The Kier molecular flexibility index (Phi) is 5.01. The quantitative estimate of drug-likeness (QED) is 0.775. The molecule has 118 valence electrons. The van der Waals surface area contributed by atoms with E-state index in [-0.39, 0.29) is 5.69 Å². The summed E-state index contributed by atoms with van der Waals surface area (Å²) in [6.07, 6.45) is 1.62. The minimum absolute atomic E-state index is 0.225. The fraction of sp³-hybridized carbons (Fsp3) is 0.625. The molecule has 1 fully saturated rings. The normalized spacial score (nSPS) is 23.0. The van der Waals surface area contributed by atoms with E-state index in [2.05, 4.69) is 12.2 Å². The third-order valence-corrected chi connectivity index (χ3v) is 4.50. The van der Waals surface area contributed by atoms with Crippen LogP contribution < -0.4 is 11.1 Å². The number of alkyl halides is 3. The van der Waals surface area contributed by atoms with E-state index >= 15 is 0 Å². The van der Waals surface area contributed by atoms with Crippen molar-refractivity contribution in [3.05, 3.63) is 23.8 Å². The summed E-state index contributed by atoms with van der Waals surface area (Å²) >= 11 is 0. The van der Waals surface area contributed by atoms with Gasteiger partial charge in [-0.25, -0.2) is 0 Å². The molecule has 1 aromatic carbocycles. The molecule has 0 atom stereocenters. The molecule has 1 saturated carbocycles. The van der Waals surface area contributed by atoms with Gasteiger partial charge in [-0.2, -0.15) is 13.2 Å². The van der Waals surface area contributed by atoms with E-state index in [4.69, 9.17) is 5.73 Å². The Hall–Kier alpha value is -1.39. The standard InChI is InChI=1S/C16H23F3N2/c1-2-11-3-5-12(6-4-11)10-21-13-7-8-15(20)14(9-13)16(17,18)19/h7-9,11-12,21H,2-6,10,20H2,1H3. The molecule has 1 aliphatic carbocycles. The summed E-state index contributed by atoms with van der Waals surface area (Å²) in [4.78, 5) is 0. The third-order valence-electron chi connectivity index (χ3n) is 4.50. The van der Waals surface area contributed by atoms with Gasteiger partial charge in [-0.15, -0.1) is 0 Å². The number of benzene rings is 1. The van der Waals surface area contributed by atoms with Gasteiger partial charge in [0.15, 0.2) is 0 Å². The fourth-order valence-corrected chi connectivity index (χ4v) is 3.02. The number of anilines is 2. The van der Waals surface area contributed by atoms with E-state index in [0.29, 0.717) is 11.6 Å². The lowest BCUT2D eigenvalue weighted by Crippen LogP contribution is -2.21. The molecule has 0 bridgehead atoms. The van der Waals surface area contributed by atoms with Gasteiger partial charge in [0.25, 0.3) is 0 Å². The van der Waals surface area contributed by atoms with Crippen molar-refractivity contribution in [2.75, 3.05) is 17.6 Å². The molecular formula is C16H23F3N2. The predicted octanol–water partition coefficient (Wildman–Crippen LogP) is 4.92. The molecule has 2 rings (SSSR count). The van der Waals surface area contributed by atoms with Crippen LogP contribution in [0, 0.1) is 11.8 Å². The summed E-state index contributed by atoms with van der Waals surface area (Å²) < 4.78 is 38.4. The zero-order valence-corrected chi connectivity index (χ0v) is 12.3. The number of hydrogen-bond acceptors (Lipinski definition) is 2. The summed E-state index contributed by atoms with van der Waals surface area (Å²) in [5.41, 5.74) is 4.90. The topological polar surface area (TPSA) is 38.0 Å². The number of nitrogens with one attached hydrogen (secondary N) is 1. The first-order chi connectivity index (χ1) is 9.90. The summed E-state index contributed by atoms with van der Waals surface area (Å²) in [7, 11) is 0. The summed E-state index contributed by atoms with van der Waals surface area (Å²) in [5.74, 6) is 1.38. The first kappa shape index (κ1) is 16.0. The van der Waals surface area contributed by atoms with Crippen LogP contribution in [0.25, 0.3) is 0 Å². The van der Waals surface area contributed by atoms with Gasteiger partial charge in [-0.05, 0) is 42.9 Å². The molecule has 0 aromatic heterocycles. The van der Waals surface area contributed by atoms with Crippen molar-refractivity contribution >= 4 is 11.4 Å². The highest BCUT2D eigenvalue weighted by Gasteiger charge is 2.33. The van der Waals surface area contributed by atoms with Crippen LogP contribution in [-0.2, 0) is 6.18 Å². The molecule has 0 unspecified atom stereocenters. The van der Waals surface area contributed by atoms with Crippen LogP contribution in [0.5, 0.6) is 0 Å². The number of halogens is 3. The lowest BCUT2D eigenvalue weighted by molar-refractivity contribution is -0.136. The average Bonchev–Trinajstić information content (AvgIpc) is 2.45. The van der Waals surface area contributed by atoms with E-state index in [1.807, 2.05) is 0 Å². The smallest absolute Gasteiger partial charge is 0.398 e. The summed E-state index contributed by atoms with van der Waals surface area (Å²) in [6.45, 7) is 2.95. The van der Waals surface area contributed by atoms with Crippen molar-refractivity contribution in [1.29, 1.82) is 0 Å². The monoisotopic (exact) mass is 300 g/mol. The number of rotatable bonds is 4. The van der Waals surface area contributed by atoms with Gasteiger partial charge >= 0.3 is 6.18 Å². The lowest BCUT2D eigenvalue weighted by atomic mass is 9.81. The predicted molar refractivity (Wildman–Crippen MR) is 80.1 cm³/mol. The highest BCUT2D eigenvalue weighted by atomic mass is 19.4. The van der Waals surface area contributed by atoms with Crippen molar-refractivity contribution in [3.63, 3.8) is 0 Å². The second-order valence-electron chi connectivity index (χ2n) is 5.98. The maximum atomic E-state index is 12.8. The van der Waals surface area contributed by atoms with Crippen LogP contribution in [-0.4, -0.2) is 6.54 Å². The van der Waals surface area contributed by atoms with E-state index < -0.39 is 11.7 Å². The average molecular weight is 300 g/mol. The van der Waals surface area contributed by atoms with Crippen molar-refractivity contribution in [3.8, 4) is 0 Å². The Balaban J connectivity index is 1.92. The van der Waals surface area contributed by atoms with Crippen molar-refractivity contribution in [2.45, 2.75) is 45.2 Å². The molecule has 0 radical (unpaired) electrons. The molecule has 0 amide bonds. The highest BCUT2D eigenvalue weighted by Crippen LogP contribution is 2.35. The van der Waals surface area contributed by atoms with Crippen LogP contribution in [0.3, 0.4) is 0 Å². The van der Waals surface area contributed by atoms with Crippen LogP contribution in [0.4, 0.5) is 24.5 Å². The Labute approximate surface area is 123 Å². The number of nitrogens with two attached hydrogens (primary N) is 1. The molecule has 3 N–H and O–H groups in total. The van der Waals surface area contributed by atoms with Crippen LogP contribution >= 0.6 is 0 Å². The zero-order valence-electron chi connectivity index (χ0n) is 12.3. The van der Waals surface area contributed by atoms with Crippen molar-refractivity contribution in [1.82, 2.24) is 0 Å². The minimum Gasteiger partial charge on any atom is -0.398 e. The van der Waals surface area contributed by atoms with Crippen molar-refractivity contribution in [2.24, 2.45) is 11.8 Å². The van der Waals surface area contributed by atoms with E-state index in [1.54, 1.807) is 6.07 Å². The van der Waals surface area contributed by atoms with Crippen LogP contribution in [0.1, 0.15) is 44.6 Å². The van der Waals surface area contributed by atoms with E-state index in [0.717, 1.165) is 31.4 Å². The van der Waals surface area contributed by atoms with Crippen LogP contribution in [0.2, 0.25) is 0 Å². The number of hydrogen-bond donors (Lipinski definition) is 2. The molecule has 0 aliphatic heterocycles. The number of nitrogen functional groups attached to an aromatic ring is 1. The van der Waals surface area contributed by atoms with Crippen molar-refractivity contribution < 1.29 is 13.2 Å². The minimum atomic E-state index is -4.40. The first-order valence-electron chi connectivity index (χ1n) is 7.60. The van der Waals surface area contributed by atoms with Gasteiger partial charge in [0.2, 0.25) is 0 Å². The molecule has 1 aromatic rings. The fourth-order valence-electron chi connectivity index (χ4n) is 3.02. The molecule has 21 heavy (non-hydrogen) atoms. The molecular weight excluding hydrogens is 277 g/mol. The molecule has 1 aliphatic rings. The van der Waals surface area contributed by atoms with Crippen LogP contribution in [0.15, 0.2) is 18.2 Å². The molecule has 0 spiro atoms. The maximum absolute atomic E-state index is 12.8. The molecule has 5 heteroatoms. The van der Waals surface area contributed by atoms with E-state index in [1.165, 1.54) is 25.3 Å². The van der Waals surface area contributed by atoms with Gasteiger partial charge in [0.05, 0.1) is 5.56 Å². The van der Waals surface area contributed by atoms with Gasteiger partial charge in [-0.3, -0.25) is 0 Å². The van der Waals surface area contributed by atoms with Gasteiger partial charge < -0.3 is 11.1 Å². The SMILES string of the molecule is CCC1CCC(CNc2ccc(N)c(C(F)(F)F)c2)CC1. The zero-order chi connectivity index (χ0) is 15.5. The summed E-state index contributed by atoms with van der Waals surface area (Å²) in [6, 6.07) is 4.04. The Morgan fingerprint density at radius 1 is 1.14 bits per heavy atom. The second kappa shape index (κ2) is 6.58. The van der Waals surface area contributed by atoms with Gasteiger partial charge in [-0.1, -0.05) is 26.2 Å².